The van der Waals surface area contributed by atoms with Crippen LogP contribution in [0.2, 0.25) is 0 Å². The molecule has 2 aromatic heterocycles. The molecule has 7 rings (SSSR count). The van der Waals surface area contributed by atoms with Crippen LogP contribution in [-0.4, -0.2) is 70.1 Å². The summed E-state index contributed by atoms with van der Waals surface area (Å²) in [5.74, 6) is 0.836. The Morgan fingerprint density at radius 2 is 1.78 bits per heavy atom. The fraction of sp³-hybridized carbons (Fsp3) is 0.432. The monoisotopic (exact) mass is 699 g/mol. The summed E-state index contributed by atoms with van der Waals surface area (Å²) >= 11 is 0. The van der Waals surface area contributed by atoms with Crippen LogP contribution in [0.15, 0.2) is 65.8 Å². The highest BCUT2D eigenvalue weighted by Gasteiger charge is 2.39. The van der Waals surface area contributed by atoms with Crippen molar-refractivity contribution in [2.24, 2.45) is 5.92 Å². The van der Waals surface area contributed by atoms with E-state index < -0.39 is 27.6 Å². The first-order valence-corrected chi connectivity index (χ1v) is 18.6. The van der Waals surface area contributed by atoms with Gasteiger partial charge >= 0.3 is 0 Å². The fourth-order valence-electron chi connectivity index (χ4n) is 7.46. The summed E-state index contributed by atoms with van der Waals surface area (Å²) < 4.78 is 51.7. The first-order chi connectivity index (χ1) is 23.8. The summed E-state index contributed by atoms with van der Waals surface area (Å²) in [7, 11) is -4.23. The molecule has 1 saturated carbocycles. The highest BCUT2D eigenvalue weighted by Crippen LogP contribution is 2.41. The Hall–Kier alpha value is -4.65. The van der Waals surface area contributed by atoms with Crippen LogP contribution in [0.3, 0.4) is 0 Å². The van der Waals surface area contributed by atoms with Crippen molar-refractivity contribution in [2.45, 2.75) is 89.0 Å². The van der Waals surface area contributed by atoms with E-state index in [2.05, 4.69) is 24.6 Å². The number of carbonyl (C=O) groups excluding carboxylic acids is 1. The van der Waals surface area contributed by atoms with Crippen LogP contribution in [0, 0.1) is 19.8 Å². The number of benzene rings is 2. The third-order valence-corrected chi connectivity index (χ3v) is 11.3. The summed E-state index contributed by atoms with van der Waals surface area (Å²) in [4.78, 5) is 36.6. The van der Waals surface area contributed by atoms with Crippen LogP contribution < -0.4 is 14.4 Å². The molecule has 4 aromatic rings. The summed E-state index contributed by atoms with van der Waals surface area (Å²) in [5.41, 5.74) is 2.11. The zero-order valence-electron chi connectivity index (χ0n) is 28.8. The maximum atomic E-state index is 15.6. The molecule has 2 aliphatic heterocycles. The number of aromatic nitrogens is 4. The highest BCUT2D eigenvalue weighted by atomic mass is 32.2. The van der Waals surface area contributed by atoms with Crippen LogP contribution in [0.5, 0.6) is 5.88 Å². The number of halogens is 1. The van der Waals surface area contributed by atoms with Gasteiger partial charge in [-0.05, 0) is 88.6 Å². The number of rotatable bonds is 6. The average Bonchev–Trinajstić information content (AvgIpc) is 3.05. The Bertz CT molecular complexity index is 2020. The molecule has 1 N–H and O–H groups in total. The minimum absolute atomic E-state index is 0.00359. The van der Waals surface area contributed by atoms with Gasteiger partial charge in [-0.1, -0.05) is 24.3 Å². The van der Waals surface area contributed by atoms with E-state index in [9.17, 15) is 13.2 Å². The van der Waals surface area contributed by atoms with Crippen molar-refractivity contribution < 1.29 is 22.3 Å². The van der Waals surface area contributed by atoms with Gasteiger partial charge in [-0.15, -0.1) is 0 Å². The number of anilines is 2. The van der Waals surface area contributed by atoms with Gasteiger partial charge < -0.3 is 14.5 Å². The molecule has 11 nitrogen and oxygen atoms in total. The molecule has 4 heterocycles. The lowest BCUT2D eigenvalue weighted by Gasteiger charge is -2.49. The van der Waals surface area contributed by atoms with Crippen molar-refractivity contribution >= 4 is 27.7 Å². The summed E-state index contributed by atoms with van der Waals surface area (Å²) in [5, 5.41) is 0. The molecule has 50 heavy (non-hydrogen) atoms. The zero-order valence-corrected chi connectivity index (χ0v) is 29.6. The predicted molar refractivity (Wildman–Crippen MR) is 188 cm³/mol. The highest BCUT2D eigenvalue weighted by molar-refractivity contribution is 7.92. The number of carbonyl (C=O) groups is 1. The normalized spacial score (nSPS) is 21.8. The van der Waals surface area contributed by atoms with E-state index in [4.69, 9.17) is 9.72 Å². The molecule has 262 valence electrons. The fourth-order valence-corrected chi connectivity index (χ4v) is 8.45. The third kappa shape index (κ3) is 7.01. The molecular formula is C37H42FN7O4S. The van der Waals surface area contributed by atoms with E-state index in [0.29, 0.717) is 23.3 Å². The topological polar surface area (TPSA) is 131 Å². The van der Waals surface area contributed by atoms with E-state index in [-0.39, 0.29) is 41.9 Å². The van der Waals surface area contributed by atoms with Crippen molar-refractivity contribution in [1.82, 2.24) is 24.8 Å². The minimum Gasteiger partial charge on any atom is -0.475 e. The Morgan fingerprint density at radius 3 is 2.52 bits per heavy atom. The molecule has 0 spiro atoms. The standard InChI is InChI=1S/C37H42FN7O4S/c1-23-8-5-9-24(2)34(23)30-17-33-42-36(41-30)43-50(47,48)29-12-6-10-26(16-29)35(46)45(28(22-49-33)18-37(3,4)38)21-27-19-39-20-32(40-27)44-15-7-11-25-13-14-31(25)44/h5-6,8-10,12,16-17,19-20,25,28,31H,7,11,13-15,18,21-22H2,1-4H3,(H,41,42,43)/t25-,28-,31+/m1/s1. The Morgan fingerprint density at radius 1 is 1.00 bits per heavy atom. The van der Waals surface area contributed by atoms with Crippen molar-refractivity contribution in [3.8, 4) is 17.1 Å². The van der Waals surface area contributed by atoms with Crippen molar-refractivity contribution in [2.75, 3.05) is 22.8 Å². The molecule has 1 amide bonds. The quantitative estimate of drug-likeness (QED) is 0.247. The van der Waals surface area contributed by atoms with Gasteiger partial charge in [-0.2, -0.15) is 4.98 Å². The molecule has 2 aromatic carbocycles. The van der Waals surface area contributed by atoms with Gasteiger partial charge in [0, 0.05) is 36.2 Å². The molecule has 3 atom stereocenters. The first-order valence-electron chi connectivity index (χ1n) is 17.1. The molecule has 1 aliphatic carbocycles. The van der Waals surface area contributed by atoms with Crippen LogP contribution in [0.1, 0.15) is 73.1 Å². The SMILES string of the molecule is Cc1cccc(C)c1-c1cc2nc(n1)NS(=O)(=O)c1cccc(c1)C(=O)N(Cc1cncc(N3CCC[C@@H]4CC[C@@H]43)n1)[C@H](CC(C)(C)F)CO2. The summed E-state index contributed by atoms with van der Waals surface area (Å²) in [6.45, 7) is 7.58. The van der Waals surface area contributed by atoms with Gasteiger partial charge in [0.05, 0.1) is 41.3 Å². The van der Waals surface area contributed by atoms with Crippen molar-refractivity contribution in [1.29, 1.82) is 0 Å². The number of nitrogens with zero attached hydrogens (tertiary/aromatic N) is 6. The number of alkyl halides is 1. The van der Waals surface area contributed by atoms with Crippen molar-refractivity contribution in [3.63, 3.8) is 0 Å². The number of nitrogens with one attached hydrogen (secondary N) is 1. The molecule has 0 unspecified atom stereocenters. The molecule has 0 radical (unpaired) electrons. The first kappa shape index (κ1) is 33.8. The number of amides is 1. The molecule has 1 saturated heterocycles. The number of piperidine rings is 1. The lowest BCUT2D eigenvalue weighted by molar-refractivity contribution is 0.0449. The van der Waals surface area contributed by atoms with E-state index in [1.54, 1.807) is 24.5 Å². The smallest absolute Gasteiger partial charge is 0.264 e. The van der Waals surface area contributed by atoms with Gasteiger partial charge in [0.1, 0.15) is 18.1 Å². The largest absolute Gasteiger partial charge is 0.475 e. The van der Waals surface area contributed by atoms with Gasteiger partial charge in [0.15, 0.2) is 0 Å². The van der Waals surface area contributed by atoms with E-state index in [1.165, 1.54) is 49.8 Å². The van der Waals surface area contributed by atoms with Crippen molar-refractivity contribution in [3.05, 3.63) is 83.3 Å². The molecule has 13 heteroatoms. The zero-order chi connectivity index (χ0) is 35.2. The maximum Gasteiger partial charge on any atom is 0.264 e. The average molecular weight is 700 g/mol. The molecule has 2 fully saturated rings. The van der Waals surface area contributed by atoms with Crippen LogP contribution >= 0.6 is 0 Å². The van der Waals surface area contributed by atoms with E-state index >= 15 is 4.39 Å². The maximum absolute atomic E-state index is 15.6. The number of fused-ring (bicyclic) bond motifs is 5. The van der Waals surface area contributed by atoms with Crippen LogP contribution in [-0.2, 0) is 16.6 Å². The number of ether oxygens (including phenoxy) is 1. The number of hydrogen-bond donors (Lipinski definition) is 1. The lowest BCUT2D eigenvalue weighted by atomic mass is 9.73. The van der Waals surface area contributed by atoms with Crippen LogP contribution in [0.4, 0.5) is 16.2 Å². The van der Waals surface area contributed by atoms with Gasteiger partial charge in [-0.25, -0.2) is 27.5 Å². The summed E-state index contributed by atoms with van der Waals surface area (Å²) in [6.07, 6.45) is 7.97. The Balaban J connectivity index is 1.31. The molecule has 3 aliphatic rings. The Kier molecular flexibility index (Phi) is 8.96. The minimum atomic E-state index is -4.23. The summed E-state index contributed by atoms with van der Waals surface area (Å²) in [6, 6.07) is 12.9. The van der Waals surface area contributed by atoms with Gasteiger partial charge in [-0.3, -0.25) is 9.78 Å². The van der Waals surface area contributed by atoms with Gasteiger partial charge in [0.2, 0.25) is 11.8 Å². The second-order valence-corrected chi connectivity index (χ2v) is 15.9. The van der Waals surface area contributed by atoms with E-state index in [1.807, 2.05) is 32.0 Å². The molecule has 4 bridgehead atoms. The number of aryl methyl sites for hydroxylation is 2. The predicted octanol–water partition coefficient (Wildman–Crippen LogP) is 6.27. The second kappa shape index (κ2) is 13.2. The Labute approximate surface area is 292 Å². The second-order valence-electron chi connectivity index (χ2n) is 14.2. The number of hydrogen-bond acceptors (Lipinski definition) is 9. The van der Waals surface area contributed by atoms with Crippen LogP contribution in [0.25, 0.3) is 11.3 Å². The van der Waals surface area contributed by atoms with Gasteiger partial charge in [0.25, 0.3) is 15.9 Å². The van der Waals surface area contributed by atoms with E-state index in [0.717, 1.165) is 41.9 Å². The molecular weight excluding hydrogens is 658 g/mol. The number of sulfonamides is 1. The lowest BCUT2D eigenvalue weighted by Crippen LogP contribution is -2.51. The third-order valence-electron chi connectivity index (χ3n) is 9.95.